The number of hydrogen-bond donors (Lipinski definition) is 0. The summed E-state index contributed by atoms with van der Waals surface area (Å²) in [5, 5.41) is 0. The van der Waals surface area contributed by atoms with Crippen molar-refractivity contribution in [1.29, 1.82) is 0 Å². The zero-order valence-electron chi connectivity index (χ0n) is 12.2. The Morgan fingerprint density at radius 3 is 1.72 bits per heavy atom. The molecule has 0 fully saturated rings. The lowest BCUT2D eigenvalue weighted by Gasteiger charge is -2.27. The minimum Gasteiger partial charge on any atom is -0.466 e. The molecule has 0 bridgehead atoms. The van der Waals surface area contributed by atoms with Gasteiger partial charge in [-0.05, 0) is 19.8 Å². The van der Waals surface area contributed by atoms with E-state index in [1.54, 1.807) is 20.8 Å². The van der Waals surface area contributed by atoms with E-state index in [1.165, 1.54) is 0 Å². The molecule has 0 aliphatic heterocycles. The molecule has 0 saturated carbocycles. The van der Waals surface area contributed by atoms with Gasteiger partial charge < -0.3 is 9.47 Å². The van der Waals surface area contributed by atoms with E-state index in [4.69, 9.17) is 9.47 Å². The molecule has 0 heterocycles. The number of esters is 2. The predicted octanol–water partition coefficient (Wildman–Crippen LogP) is 2.80. The lowest BCUT2D eigenvalue weighted by atomic mass is 9.79. The molecule has 0 aromatic heterocycles. The first-order valence-electron chi connectivity index (χ1n) is 6.86. The number of rotatable bonds is 8. The van der Waals surface area contributed by atoms with Crippen molar-refractivity contribution in [3.05, 3.63) is 0 Å². The molecule has 106 valence electrons. The van der Waals surface area contributed by atoms with Crippen LogP contribution < -0.4 is 0 Å². The van der Waals surface area contributed by atoms with Crippen LogP contribution in [-0.2, 0) is 19.1 Å². The zero-order valence-corrected chi connectivity index (χ0v) is 12.2. The van der Waals surface area contributed by atoms with Crippen LogP contribution in [0.3, 0.4) is 0 Å². The first-order valence-corrected chi connectivity index (χ1v) is 6.86. The Labute approximate surface area is 110 Å². The second-order valence-corrected chi connectivity index (χ2v) is 4.40. The van der Waals surface area contributed by atoms with Crippen LogP contribution in [0.1, 0.15) is 47.5 Å². The Hall–Kier alpha value is -1.06. The predicted molar refractivity (Wildman–Crippen MR) is 70.0 cm³/mol. The third-order valence-corrected chi connectivity index (χ3v) is 3.31. The van der Waals surface area contributed by atoms with E-state index in [2.05, 4.69) is 0 Å². The average Bonchev–Trinajstić information content (AvgIpc) is 2.35. The lowest BCUT2D eigenvalue weighted by Crippen LogP contribution is -2.35. The van der Waals surface area contributed by atoms with Crippen LogP contribution in [0.5, 0.6) is 0 Å². The fourth-order valence-electron chi connectivity index (χ4n) is 2.26. The van der Waals surface area contributed by atoms with E-state index in [0.717, 1.165) is 12.8 Å². The van der Waals surface area contributed by atoms with Crippen LogP contribution in [0.25, 0.3) is 0 Å². The fraction of sp³-hybridized carbons (Fsp3) is 0.857. The smallest absolute Gasteiger partial charge is 0.310 e. The molecule has 0 amide bonds. The van der Waals surface area contributed by atoms with E-state index < -0.39 is 11.8 Å². The molecule has 0 spiro atoms. The Balaban J connectivity index is 4.94. The summed E-state index contributed by atoms with van der Waals surface area (Å²) in [6.45, 7) is 10.0. The summed E-state index contributed by atoms with van der Waals surface area (Å²) >= 11 is 0. The molecule has 0 saturated heterocycles. The van der Waals surface area contributed by atoms with E-state index >= 15 is 0 Å². The summed E-state index contributed by atoms with van der Waals surface area (Å²) in [6.07, 6.45) is 1.70. The number of hydrogen-bond acceptors (Lipinski definition) is 4. The topological polar surface area (TPSA) is 52.6 Å². The highest BCUT2D eigenvalue weighted by Crippen LogP contribution is 2.29. The van der Waals surface area contributed by atoms with Crippen LogP contribution in [0, 0.1) is 17.8 Å². The SMILES string of the molecule is CCOC(=O)C(C)C(C(=O)OCC)C(CC)CC. The van der Waals surface area contributed by atoms with E-state index in [1.807, 2.05) is 13.8 Å². The Morgan fingerprint density at radius 1 is 0.889 bits per heavy atom. The van der Waals surface area contributed by atoms with E-state index in [0.29, 0.717) is 13.2 Å². The van der Waals surface area contributed by atoms with E-state index in [-0.39, 0.29) is 17.9 Å². The molecule has 4 heteroatoms. The minimum absolute atomic E-state index is 0.156. The van der Waals surface area contributed by atoms with Gasteiger partial charge in [-0.2, -0.15) is 0 Å². The van der Waals surface area contributed by atoms with Gasteiger partial charge in [-0.25, -0.2) is 0 Å². The van der Waals surface area contributed by atoms with E-state index in [9.17, 15) is 9.59 Å². The molecule has 0 radical (unpaired) electrons. The van der Waals surface area contributed by atoms with Crippen molar-refractivity contribution in [3.8, 4) is 0 Å². The minimum atomic E-state index is -0.450. The normalized spacial score (nSPS) is 14.1. The molecule has 0 aromatic rings. The lowest BCUT2D eigenvalue weighted by molar-refractivity contribution is -0.162. The molecule has 0 aliphatic carbocycles. The second kappa shape index (κ2) is 8.95. The zero-order chi connectivity index (χ0) is 14.1. The van der Waals surface area contributed by atoms with Crippen LogP contribution in [0.2, 0.25) is 0 Å². The second-order valence-electron chi connectivity index (χ2n) is 4.40. The van der Waals surface area contributed by atoms with Crippen LogP contribution in [0.4, 0.5) is 0 Å². The quantitative estimate of drug-likeness (QED) is 0.628. The first kappa shape index (κ1) is 16.9. The van der Waals surface area contributed by atoms with Gasteiger partial charge >= 0.3 is 11.9 Å². The highest BCUT2D eigenvalue weighted by atomic mass is 16.5. The first-order chi connectivity index (χ1) is 8.53. The van der Waals surface area contributed by atoms with Crippen LogP contribution in [-0.4, -0.2) is 25.2 Å². The maximum atomic E-state index is 12.0. The fourth-order valence-corrected chi connectivity index (χ4v) is 2.26. The summed E-state index contributed by atoms with van der Waals surface area (Å²) in [5.74, 6) is -1.30. The van der Waals surface area contributed by atoms with Crippen molar-refractivity contribution >= 4 is 11.9 Å². The monoisotopic (exact) mass is 258 g/mol. The summed E-state index contributed by atoms with van der Waals surface area (Å²) in [6, 6.07) is 0. The van der Waals surface area contributed by atoms with Gasteiger partial charge in [-0.3, -0.25) is 9.59 Å². The average molecular weight is 258 g/mol. The summed E-state index contributed by atoms with van der Waals surface area (Å²) in [5.41, 5.74) is 0. The summed E-state index contributed by atoms with van der Waals surface area (Å²) in [7, 11) is 0. The Kier molecular flexibility index (Phi) is 8.42. The van der Waals surface area contributed by atoms with Gasteiger partial charge in [0.15, 0.2) is 0 Å². The summed E-state index contributed by atoms with van der Waals surface area (Å²) < 4.78 is 10.1. The molecule has 0 N–H and O–H groups in total. The number of carbonyl (C=O) groups is 2. The van der Waals surface area contributed by atoms with Gasteiger partial charge in [0.2, 0.25) is 0 Å². The van der Waals surface area contributed by atoms with Gasteiger partial charge in [-0.15, -0.1) is 0 Å². The maximum absolute atomic E-state index is 12.0. The molecule has 2 atom stereocenters. The van der Waals surface area contributed by atoms with Gasteiger partial charge in [0.1, 0.15) is 0 Å². The van der Waals surface area contributed by atoms with Gasteiger partial charge in [-0.1, -0.05) is 33.6 Å². The van der Waals surface area contributed by atoms with Gasteiger partial charge in [0.25, 0.3) is 0 Å². The highest BCUT2D eigenvalue weighted by molar-refractivity contribution is 5.82. The molecular formula is C14H26O4. The molecule has 4 nitrogen and oxygen atoms in total. The molecule has 0 rings (SSSR count). The van der Waals surface area contributed by atoms with Crippen molar-refractivity contribution in [2.24, 2.45) is 17.8 Å². The number of carbonyl (C=O) groups excluding carboxylic acids is 2. The Morgan fingerprint density at radius 2 is 1.33 bits per heavy atom. The third kappa shape index (κ3) is 4.67. The Bertz CT molecular complexity index is 259. The maximum Gasteiger partial charge on any atom is 0.310 e. The standard InChI is InChI=1S/C14H26O4/c1-6-11(7-2)12(14(16)18-9-4)10(5)13(15)17-8-3/h10-12H,6-9H2,1-5H3. The van der Waals surface area contributed by atoms with Crippen molar-refractivity contribution in [1.82, 2.24) is 0 Å². The van der Waals surface area contributed by atoms with Crippen LogP contribution >= 0.6 is 0 Å². The third-order valence-electron chi connectivity index (χ3n) is 3.31. The van der Waals surface area contributed by atoms with Crippen molar-refractivity contribution in [3.63, 3.8) is 0 Å². The van der Waals surface area contributed by atoms with Gasteiger partial charge in [0, 0.05) is 0 Å². The molecule has 0 aromatic carbocycles. The van der Waals surface area contributed by atoms with Gasteiger partial charge in [0.05, 0.1) is 25.0 Å². The summed E-state index contributed by atoms with van der Waals surface area (Å²) in [4.78, 5) is 23.8. The molecule has 2 unspecified atom stereocenters. The van der Waals surface area contributed by atoms with Crippen molar-refractivity contribution in [2.75, 3.05) is 13.2 Å². The molecule has 0 aliphatic rings. The largest absolute Gasteiger partial charge is 0.466 e. The molecule has 18 heavy (non-hydrogen) atoms. The molecular weight excluding hydrogens is 232 g/mol. The number of ether oxygens (including phenoxy) is 2. The van der Waals surface area contributed by atoms with Crippen molar-refractivity contribution in [2.45, 2.75) is 47.5 Å². The van der Waals surface area contributed by atoms with Crippen LogP contribution in [0.15, 0.2) is 0 Å². The van der Waals surface area contributed by atoms with Crippen molar-refractivity contribution < 1.29 is 19.1 Å². The highest BCUT2D eigenvalue weighted by Gasteiger charge is 2.37.